The number of amides is 1. The number of nitrogens with one attached hydrogen (secondary N) is 1. The Labute approximate surface area is 207 Å². The van der Waals surface area contributed by atoms with Crippen molar-refractivity contribution in [2.75, 3.05) is 13.6 Å². The zero-order valence-corrected chi connectivity index (χ0v) is 21.1. The summed E-state index contributed by atoms with van der Waals surface area (Å²) in [6.45, 7) is 10.2. The number of carbonyl (C=O) groups is 1. The Balaban J connectivity index is 1.46. The molecule has 2 atom stereocenters. The monoisotopic (exact) mass is 475 g/mol. The van der Waals surface area contributed by atoms with Gasteiger partial charge in [-0.15, -0.1) is 0 Å². The maximum atomic E-state index is 11.2. The molecule has 3 heterocycles. The maximum Gasteiger partial charge on any atom is 0.494 e. The topological polar surface area (TPSA) is 76.0 Å². The van der Waals surface area contributed by atoms with Crippen LogP contribution in [-0.2, 0) is 22.4 Å². The summed E-state index contributed by atoms with van der Waals surface area (Å²) < 4.78 is 14.9. The van der Waals surface area contributed by atoms with Crippen LogP contribution in [0.5, 0.6) is 0 Å². The molecule has 35 heavy (non-hydrogen) atoms. The number of hydrogen-bond donors (Lipinski definition) is 2. The molecule has 184 valence electrons. The van der Waals surface area contributed by atoms with Crippen LogP contribution in [0.25, 0.3) is 10.9 Å². The lowest BCUT2D eigenvalue weighted by Gasteiger charge is -2.32. The molecule has 1 aromatic heterocycles. The average Bonchev–Trinajstić information content (AvgIpc) is 3.39. The van der Waals surface area contributed by atoms with E-state index >= 15 is 0 Å². The van der Waals surface area contributed by atoms with Gasteiger partial charge in [-0.3, -0.25) is 4.90 Å². The lowest BCUT2D eigenvalue weighted by Crippen LogP contribution is -2.41. The molecule has 2 unspecified atom stereocenters. The standard InChI is InChI=1S/C27H34BN3O4/c1-26(2)27(3,4)35-28(34-26)21-11-12-22-19(13-21)14-23-24(20(17-31(22)23)15-29-25(32)33)30(5)16-18-9-7-6-8-10-18/h6-14,20,24,29H,15-17H2,1-5H3,(H,32,33). The van der Waals surface area contributed by atoms with Crippen LogP contribution in [0.1, 0.15) is 45.0 Å². The van der Waals surface area contributed by atoms with E-state index in [1.165, 1.54) is 11.3 Å². The fourth-order valence-electron chi connectivity index (χ4n) is 5.41. The van der Waals surface area contributed by atoms with Crippen LogP contribution in [0.15, 0.2) is 54.6 Å². The molecule has 0 saturated carbocycles. The minimum Gasteiger partial charge on any atom is -0.465 e. The maximum absolute atomic E-state index is 11.2. The van der Waals surface area contributed by atoms with Crippen LogP contribution in [0.2, 0.25) is 0 Å². The molecule has 5 rings (SSSR count). The molecule has 0 aliphatic carbocycles. The Morgan fingerprint density at radius 1 is 1.11 bits per heavy atom. The van der Waals surface area contributed by atoms with Crippen molar-refractivity contribution in [1.29, 1.82) is 0 Å². The lowest BCUT2D eigenvalue weighted by atomic mass is 9.78. The van der Waals surface area contributed by atoms with Crippen LogP contribution in [0.4, 0.5) is 4.79 Å². The predicted octanol–water partition coefficient (Wildman–Crippen LogP) is 4.01. The minimum atomic E-state index is -0.983. The predicted molar refractivity (Wildman–Crippen MR) is 138 cm³/mol. The molecule has 1 fully saturated rings. The van der Waals surface area contributed by atoms with Gasteiger partial charge in [0.15, 0.2) is 0 Å². The van der Waals surface area contributed by atoms with Crippen LogP contribution < -0.4 is 10.8 Å². The summed E-state index contributed by atoms with van der Waals surface area (Å²) in [4.78, 5) is 13.6. The Morgan fingerprint density at radius 2 is 1.80 bits per heavy atom. The van der Waals surface area contributed by atoms with Crippen LogP contribution in [-0.4, -0.2) is 52.6 Å². The molecule has 0 bridgehead atoms. The minimum absolute atomic E-state index is 0.0924. The van der Waals surface area contributed by atoms with Gasteiger partial charge in [0, 0.05) is 36.8 Å². The summed E-state index contributed by atoms with van der Waals surface area (Å²) in [6, 6.07) is 19.1. The Hall–Kier alpha value is -2.81. The fraction of sp³-hybridized carbons (Fsp3) is 0.444. The second-order valence-corrected chi connectivity index (χ2v) is 10.9. The van der Waals surface area contributed by atoms with Crippen LogP contribution in [0.3, 0.4) is 0 Å². The number of hydrogen-bond acceptors (Lipinski definition) is 4. The number of carboxylic acid groups (broad SMARTS) is 1. The van der Waals surface area contributed by atoms with Gasteiger partial charge in [-0.1, -0.05) is 42.5 Å². The summed E-state index contributed by atoms with van der Waals surface area (Å²) in [6.07, 6.45) is -0.983. The molecule has 0 spiro atoms. The Kier molecular flexibility index (Phi) is 5.94. The number of nitrogens with zero attached hydrogens (tertiary/aromatic N) is 2. The van der Waals surface area contributed by atoms with Gasteiger partial charge in [0.25, 0.3) is 0 Å². The van der Waals surface area contributed by atoms with Gasteiger partial charge in [-0.2, -0.15) is 0 Å². The van der Waals surface area contributed by atoms with Gasteiger partial charge in [0.1, 0.15) is 0 Å². The van der Waals surface area contributed by atoms with Gasteiger partial charge >= 0.3 is 13.2 Å². The lowest BCUT2D eigenvalue weighted by molar-refractivity contribution is 0.00578. The zero-order chi connectivity index (χ0) is 25.0. The smallest absolute Gasteiger partial charge is 0.465 e. The van der Waals surface area contributed by atoms with Gasteiger partial charge in [-0.05, 0) is 63.3 Å². The fourth-order valence-corrected chi connectivity index (χ4v) is 5.41. The van der Waals surface area contributed by atoms with Crippen molar-refractivity contribution in [3.05, 3.63) is 65.9 Å². The Bertz CT molecular complexity index is 1220. The highest BCUT2D eigenvalue weighted by molar-refractivity contribution is 6.62. The van der Waals surface area contributed by atoms with E-state index in [9.17, 15) is 9.90 Å². The molecule has 7 nitrogen and oxygen atoms in total. The third-order valence-corrected chi connectivity index (χ3v) is 7.91. The van der Waals surface area contributed by atoms with Crippen molar-refractivity contribution in [1.82, 2.24) is 14.8 Å². The van der Waals surface area contributed by atoms with E-state index in [0.29, 0.717) is 6.54 Å². The molecular weight excluding hydrogens is 441 g/mol. The molecule has 1 saturated heterocycles. The zero-order valence-electron chi connectivity index (χ0n) is 21.1. The van der Waals surface area contributed by atoms with E-state index in [-0.39, 0.29) is 23.2 Å². The van der Waals surface area contributed by atoms with Crippen molar-refractivity contribution in [2.45, 2.75) is 58.0 Å². The normalized spacial score (nSPS) is 22.6. The van der Waals surface area contributed by atoms with E-state index in [1.54, 1.807) is 0 Å². The van der Waals surface area contributed by atoms with Gasteiger partial charge in [-0.25, -0.2) is 4.79 Å². The molecular formula is C27H34BN3O4. The first-order chi connectivity index (χ1) is 16.6. The van der Waals surface area contributed by atoms with Crippen molar-refractivity contribution < 1.29 is 19.2 Å². The molecule has 2 aromatic carbocycles. The SMILES string of the molecule is CN(Cc1ccccc1)C1c2cc3cc(B4OC(C)(C)C(C)(C)O4)ccc3n2CC1CNC(=O)O. The molecule has 2 N–H and O–H groups in total. The quantitative estimate of drug-likeness (QED) is 0.527. The highest BCUT2D eigenvalue weighted by Crippen LogP contribution is 2.41. The molecule has 0 radical (unpaired) electrons. The second-order valence-electron chi connectivity index (χ2n) is 10.9. The molecule has 8 heteroatoms. The first-order valence-electron chi connectivity index (χ1n) is 12.3. The summed E-state index contributed by atoms with van der Waals surface area (Å²) in [5.74, 6) is 0.141. The van der Waals surface area contributed by atoms with E-state index in [4.69, 9.17) is 9.31 Å². The number of fused-ring (bicyclic) bond motifs is 3. The van der Waals surface area contributed by atoms with Crippen molar-refractivity contribution in [2.24, 2.45) is 5.92 Å². The van der Waals surface area contributed by atoms with Crippen molar-refractivity contribution in [3.63, 3.8) is 0 Å². The number of benzene rings is 2. The van der Waals surface area contributed by atoms with E-state index in [2.05, 4.69) is 98.1 Å². The van der Waals surface area contributed by atoms with Gasteiger partial charge < -0.3 is 24.3 Å². The van der Waals surface area contributed by atoms with E-state index in [0.717, 1.165) is 29.5 Å². The van der Waals surface area contributed by atoms with Crippen LogP contribution in [0, 0.1) is 5.92 Å². The summed E-state index contributed by atoms with van der Waals surface area (Å²) >= 11 is 0. The number of rotatable bonds is 6. The second kappa shape index (κ2) is 8.69. The summed E-state index contributed by atoms with van der Waals surface area (Å²) in [5, 5.41) is 13.0. The first kappa shape index (κ1) is 23.9. The summed E-state index contributed by atoms with van der Waals surface area (Å²) in [7, 11) is 1.72. The van der Waals surface area contributed by atoms with E-state index < -0.39 is 13.2 Å². The molecule has 2 aliphatic rings. The largest absolute Gasteiger partial charge is 0.494 e. The third-order valence-electron chi connectivity index (χ3n) is 7.91. The average molecular weight is 475 g/mol. The Morgan fingerprint density at radius 3 is 2.46 bits per heavy atom. The van der Waals surface area contributed by atoms with E-state index in [1.807, 2.05) is 6.07 Å². The van der Waals surface area contributed by atoms with Crippen molar-refractivity contribution in [3.8, 4) is 0 Å². The third kappa shape index (κ3) is 4.35. The van der Waals surface area contributed by atoms with Gasteiger partial charge in [0.2, 0.25) is 0 Å². The highest BCUT2D eigenvalue weighted by atomic mass is 16.7. The number of aromatic nitrogens is 1. The molecule has 2 aliphatic heterocycles. The summed E-state index contributed by atoms with van der Waals surface area (Å²) in [5.41, 5.74) is 3.84. The molecule has 1 amide bonds. The first-order valence-corrected chi connectivity index (χ1v) is 12.3. The van der Waals surface area contributed by atoms with Crippen molar-refractivity contribution >= 4 is 29.6 Å². The van der Waals surface area contributed by atoms with Crippen LogP contribution >= 0.6 is 0 Å². The van der Waals surface area contributed by atoms with Gasteiger partial charge in [0.05, 0.1) is 17.2 Å². The molecule has 3 aromatic rings. The highest BCUT2D eigenvalue weighted by Gasteiger charge is 2.51.